The Kier molecular flexibility index (Phi) is 2.72. The summed E-state index contributed by atoms with van der Waals surface area (Å²) in [5.41, 5.74) is 2.28. The maximum Gasteiger partial charge on any atom is 0.328 e. The highest BCUT2D eigenvalue weighted by atomic mass is 16.4. The second-order valence-electron chi connectivity index (χ2n) is 3.36. The van der Waals surface area contributed by atoms with Crippen molar-refractivity contribution in [2.45, 2.75) is 13.3 Å². The standard InChI is InChI=1S/C12H11NO3/c1-2-11-13-9-7-8(4-6-12(14)15)3-5-10(9)16-11/h3-7H,2H2,1H3,(H,14,15)/b6-4+. The molecule has 0 unspecified atom stereocenters. The minimum Gasteiger partial charge on any atom is -0.478 e. The second kappa shape index (κ2) is 4.18. The smallest absolute Gasteiger partial charge is 0.328 e. The minimum atomic E-state index is -0.963. The maximum absolute atomic E-state index is 10.4. The topological polar surface area (TPSA) is 63.3 Å². The average molecular weight is 217 g/mol. The van der Waals surface area contributed by atoms with Crippen LogP contribution in [0.1, 0.15) is 18.4 Å². The average Bonchev–Trinajstić information content (AvgIpc) is 2.68. The predicted octanol–water partition coefficient (Wildman–Crippen LogP) is 2.49. The predicted molar refractivity (Wildman–Crippen MR) is 60.1 cm³/mol. The number of nitrogens with zero attached hydrogens (tertiary/aromatic N) is 1. The van der Waals surface area contributed by atoms with Gasteiger partial charge >= 0.3 is 5.97 Å². The lowest BCUT2D eigenvalue weighted by Gasteiger charge is -1.90. The van der Waals surface area contributed by atoms with E-state index in [0.29, 0.717) is 5.89 Å². The van der Waals surface area contributed by atoms with Gasteiger partial charge in [0.2, 0.25) is 0 Å². The Morgan fingerprint density at radius 2 is 2.38 bits per heavy atom. The molecule has 0 fully saturated rings. The molecule has 1 heterocycles. The van der Waals surface area contributed by atoms with Crippen molar-refractivity contribution in [2.75, 3.05) is 0 Å². The van der Waals surface area contributed by atoms with Gasteiger partial charge in [-0.15, -0.1) is 0 Å². The number of aliphatic carboxylic acids is 1. The molecule has 16 heavy (non-hydrogen) atoms. The molecule has 4 heteroatoms. The third-order valence-corrected chi connectivity index (χ3v) is 2.18. The molecule has 82 valence electrons. The van der Waals surface area contributed by atoms with Crippen LogP contribution in [0.5, 0.6) is 0 Å². The summed E-state index contributed by atoms with van der Waals surface area (Å²) < 4.78 is 5.45. The fourth-order valence-electron chi connectivity index (χ4n) is 1.41. The highest BCUT2D eigenvalue weighted by Gasteiger charge is 2.03. The first-order valence-corrected chi connectivity index (χ1v) is 4.99. The van der Waals surface area contributed by atoms with Gasteiger partial charge in [-0.1, -0.05) is 13.0 Å². The molecule has 0 atom stereocenters. The van der Waals surface area contributed by atoms with Gasteiger partial charge in [0.25, 0.3) is 0 Å². The Morgan fingerprint density at radius 3 is 3.06 bits per heavy atom. The van der Waals surface area contributed by atoms with Crippen molar-refractivity contribution in [1.29, 1.82) is 0 Å². The van der Waals surface area contributed by atoms with Crippen LogP contribution >= 0.6 is 0 Å². The number of carboxylic acids is 1. The third kappa shape index (κ3) is 2.11. The van der Waals surface area contributed by atoms with Crippen LogP contribution in [0.25, 0.3) is 17.2 Å². The van der Waals surface area contributed by atoms with Crippen molar-refractivity contribution >= 4 is 23.1 Å². The van der Waals surface area contributed by atoms with Crippen molar-refractivity contribution < 1.29 is 14.3 Å². The molecule has 0 aliphatic carbocycles. The van der Waals surface area contributed by atoms with Crippen LogP contribution < -0.4 is 0 Å². The highest BCUT2D eigenvalue weighted by Crippen LogP contribution is 2.18. The van der Waals surface area contributed by atoms with Crippen LogP contribution in [0, 0.1) is 0 Å². The van der Waals surface area contributed by atoms with Crippen LogP contribution in [0.2, 0.25) is 0 Å². The largest absolute Gasteiger partial charge is 0.478 e. The SMILES string of the molecule is CCc1nc2cc(/C=C/C(=O)O)ccc2o1. The van der Waals surface area contributed by atoms with Gasteiger partial charge < -0.3 is 9.52 Å². The summed E-state index contributed by atoms with van der Waals surface area (Å²) in [7, 11) is 0. The summed E-state index contributed by atoms with van der Waals surface area (Å²) in [6.45, 7) is 1.97. The molecular formula is C12H11NO3. The van der Waals surface area contributed by atoms with E-state index < -0.39 is 5.97 Å². The summed E-state index contributed by atoms with van der Waals surface area (Å²) in [5, 5.41) is 8.51. The molecule has 2 rings (SSSR count). The number of carboxylic acid groups (broad SMARTS) is 1. The number of hydrogen-bond donors (Lipinski definition) is 1. The molecule has 0 saturated heterocycles. The Labute approximate surface area is 92.2 Å². The van der Waals surface area contributed by atoms with Gasteiger partial charge in [-0.3, -0.25) is 0 Å². The van der Waals surface area contributed by atoms with Crippen LogP contribution in [0.15, 0.2) is 28.7 Å². The zero-order valence-corrected chi connectivity index (χ0v) is 8.80. The van der Waals surface area contributed by atoms with Gasteiger partial charge in [0.05, 0.1) is 0 Å². The monoisotopic (exact) mass is 217 g/mol. The molecule has 1 aromatic carbocycles. The summed E-state index contributed by atoms with van der Waals surface area (Å²) in [6.07, 6.45) is 3.37. The van der Waals surface area contributed by atoms with Crippen LogP contribution in [0.4, 0.5) is 0 Å². The van der Waals surface area contributed by atoms with Crippen molar-refractivity contribution in [3.63, 3.8) is 0 Å². The minimum absolute atomic E-state index is 0.689. The first kappa shape index (κ1) is 10.4. The zero-order chi connectivity index (χ0) is 11.5. The van der Waals surface area contributed by atoms with Crippen molar-refractivity contribution in [1.82, 2.24) is 4.98 Å². The summed E-state index contributed by atoms with van der Waals surface area (Å²) in [4.78, 5) is 14.6. The molecule has 4 nitrogen and oxygen atoms in total. The number of benzene rings is 1. The number of oxazole rings is 1. The van der Waals surface area contributed by atoms with Gasteiger partial charge in [0.1, 0.15) is 5.52 Å². The third-order valence-electron chi connectivity index (χ3n) is 2.18. The number of aromatic nitrogens is 1. The number of fused-ring (bicyclic) bond motifs is 1. The molecule has 0 aliphatic heterocycles. The van der Waals surface area contributed by atoms with Gasteiger partial charge in [0, 0.05) is 12.5 Å². The van der Waals surface area contributed by atoms with E-state index in [1.165, 1.54) is 6.08 Å². The molecular weight excluding hydrogens is 206 g/mol. The van der Waals surface area contributed by atoms with Crippen LogP contribution in [0.3, 0.4) is 0 Å². The van der Waals surface area contributed by atoms with Crippen molar-refractivity contribution in [3.05, 3.63) is 35.7 Å². The molecule has 0 aliphatic rings. The van der Waals surface area contributed by atoms with E-state index in [1.807, 2.05) is 6.92 Å². The molecule has 2 aromatic rings. The van der Waals surface area contributed by atoms with Gasteiger partial charge in [-0.25, -0.2) is 9.78 Å². The molecule has 0 spiro atoms. The van der Waals surface area contributed by atoms with Crippen LogP contribution in [-0.2, 0) is 11.2 Å². The molecule has 0 saturated carbocycles. The van der Waals surface area contributed by atoms with Crippen LogP contribution in [-0.4, -0.2) is 16.1 Å². The Morgan fingerprint density at radius 1 is 1.56 bits per heavy atom. The van der Waals surface area contributed by atoms with E-state index in [4.69, 9.17) is 9.52 Å². The molecule has 1 N–H and O–H groups in total. The van der Waals surface area contributed by atoms with Gasteiger partial charge in [-0.05, 0) is 23.8 Å². The zero-order valence-electron chi connectivity index (χ0n) is 8.80. The fourth-order valence-corrected chi connectivity index (χ4v) is 1.41. The number of aryl methyl sites for hydroxylation is 1. The van der Waals surface area contributed by atoms with E-state index in [0.717, 1.165) is 29.2 Å². The summed E-state index contributed by atoms with van der Waals surface area (Å²) >= 11 is 0. The molecule has 0 radical (unpaired) electrons. The van der Waals surface area contributed by atoms with Gasteiger partial charge in [0.15, 0.2) is 11.5 Å². The maximum atomic E-state index is 10.4. The first-order valence-electron chi connectivity index (χ1n) is 4.99. The van der Waals surface area contributed by atoms with E-state index in [2.05, 4.69) is 4.98 Å². The van der Waals surface area contributed by atoms with Crippen molar-refractivity contribution in [3.8, 4) is 0 Å². The number of hydrogen-bond acceptors (Lipinski definition) is 3. The van der Waals surface area contributed by atoms with E-state index >= 15 is 0 Å². The summed E-state index contributed by atoms with van der Waals surface area (Å²) in [6, 6.07) is 5.40. The second-order valence-corrected chi connectivity index (χ2v) is 3.36. The molecule has 0 amide bonds. The number of rotatable bonds is 3. The quantitative estimate of drug-likeness (QED) is 0.802. The Bertz CT molecular complexity index is 554. The number of carbonyl (C=O) groups is 1. The Balaban J connectivity index is 2.39. The van der Waals surface area contributed by atoms with Gasteiger partial charge in [-0.2, -0.15) is 0 Å². The highest BCUT2D eigenvalue weighted by molar-refractivity contribution is 5.86. The molecule has 1 aromatic heterocycles. The lowest BCUT2D eigenvalue weighted by molar-refractivity contribution is -0.131. The van der Waals surface area contributed by atoms with E-state index in [-0.39, 0.29) is 0 Å². The fraction of sp³-hybridized carbons (Fsp3) is 0.167. The Hall–Kier alpha value is -2.10. The molecule has 0 bridgehead atoms. The first-order chi connectivity index (χ1) is 7.69. The van der Waals surface area contributed by atoms with E-state index in [9.17, 15) is 4.79 Å². The lowest BCUT2D eigenvalue weighted by Crippen LogP contribution is -1.85. The summed E-state index contributed by atoms with van der Waals surface area (Å²) in [5.74, 6) is -0.274. The normalized spacial score (nSPS) is 11.3. The van der Waals surface area contributed by atoms with E-state index in [1.54, 1.807) is 18.2 Å². The lowest BCUT2D eigenvalue weighted by atomic mass is 10.2. The van der Waals surface area contributed by atoms with Crippen molar-refractivity contribution in [2.24, 2.45) is 0 Å².